The van der Waals surface area contributed by atoms with E-state index in [4.69, 9.17) is 5.14 Å². The summed E-state index contributed by atoms with van der Waals surface area (Å²) in [6, 6.07) is 20.0. The van der Waals surface area contributed by atoms with Crippen LogP contribution in [0.15, 0.2) is 81.0 Å². The van der Waals surface area contributed by atoms with E-state index in [-0.39, 0.29) is 34.5 Å². The largest absolute Gasteiger partial charge is 0.399 e. The zero-order valence-electron chi connectivity index (χ0n) is 19.1. The second-order valence-electron chi connectivity index (χ2n) is 7.45. The molecule has 0 atom stereocenters. The Hall–Kier alpha value is -0.240. The van der Waals surface area contributed by atoms with E-state index in [0.29, 0.717) is 15.8 Å². The number of halogens is 3. The van der Waals surface area contributed by atoms with Crippen LogP contribution < -0.4 is 5.14 Å². The molecular weight excluding hydrogens is 626 g/mol. The fourth-order valence-corrected chi connectivity index (χ4v) is 6.90. The van der Waals surface area contributed by atoms with Crippen LogP contribution in [-0.4, -0.2) is 38.0 Å². The number of hydrogen-bond donors (Lipinski definition) is 1. The molecule has 0 aliphatic carbocycles. The molecule has 0 amide bonds. The summed E-state index contributed by atoms with van der Waals surface area (Å²) in [7, 11) is -8.13. The molecule has 0 heterocycles. The Labute approximate surface area is 247 Å². The van der Waals surface area contributed by atoms with Crippen LogP contribution >= 0.6 is 47.0 Å². The number of primary sulfonamides is 1. The number of sulfonamides is 1. The monoisotopic (exact) mass is 646 g/mol. The van der Waals surface area contributed by atoms with Gasteiger partial charge in [0.2, 0.25) is 10.0 Å². The van der Waals surface area contributed by atoms with Crippen LogP contribution in [0, 0.1) is 0 Å². The van der Waals surface area contributed by atoms with Crippen molar-refractivity contribution in [2.45, 2.75) is 33.2 Å². The number of nitrogens with two attached hydrogens (primary N) is 1. The summed E-state index contributed by atoms with van der Waals surface area (Å²) in [6.45, 7) is 0. The number of thioether (sulfide) groups is 2. The molecule has 3 rings (SSSR count). The molecule has 0 unspecified atom stereocenters. The molecule has 3 aromatic carbocycles. The molecule has 2 N–H and O–H groups in total. The smallest absolute Gasteiger partial charge is 0.254 e. The second-order valence-corrected chi connectivity index (χ2v) is 13.7. The SMILES string of the molecule is NS(=O)(=O)c1ccc(SCc2ccc(CSCc3ccc(CP(=O)(OF)OF)c(Br)c3)cc2)cc1.[Na]. The maximum absolute atomic E-state index is 12.3. The van der Waals surface area contributed by atoms with Gasteiger partial charge >= 0.3 is 7.60 Å². The molecule has 0 bridgehead atoms. The molecule has 6 nitrogen and oxygen atoms in total. The molecule has 0 aliphatic heterocycles. The van der Waals surface area contributed by atoms with Crippen molar-refractivity contribution in [1.82, 2.24) is 0 Å². The van der Waals surface area contributed by atoms with Crippen molar-refractivity contribution in [1.29, 1.82) is 0 Å². The van der Waals surface area contributed by atoms with Crippen molar-refractivity contribution in [3.05, 3.63) is 93.5 Å². The van der Waals surface area contributed by atoms with Gasteiger partial charge in [0.15, 0.2) is 0 Å². The summed E-state index contributed by atoms with van der Waals surface area (Å²) < 4.78 is 65.8. The average molecular weight is 647 g/mol. The van der Waals surface area contributed by atoms with Crippen molar-refractivity contribution >= 4 is 86.6 Å². The average Bonchev–Trinajstić information content (AvgIpc) is 2.85. The molecule has 14 heteroatoms. The minimum absolute atomic E-state index is 0. The molecule has 0 spiro atoms. The molecule has 0 saturated carbocycles. The first kappa shape index (κ1) is 32.0. The van der Waals surface area contributed by atoms with E-state index >= 15 is 0 Å². The van der Waals surface area contributed by atoms with Crippen LogP contribution in [0.4, 0.5) is 9.05 Å². The van der Waals surface area contributed by atoms with Gasteiger partial charge in [-0.1, -0.05) is 52.3 Å². The van der Waals surface area contributed by atoms with E-state index in [1.54, 1.807) is 53.9 Å². The quantitative estimate of drug-likeness (QED) is 0.129. The van der Waals surface area contributed by atoms with E-state index in [1.807, 2.05) is 0 Å². The second kappa shape index (κ2) is 14.8. The third-order valence-electron chi connectivity index (χ3n) is 4.81. The van der Waals surface area contributed by atoms with Gasteiger partial charge in [-0.2, -0.15) is 11.8 Å². The normalized spacial score (nSPS) is 11.8. The first-order valence-electron chi connectivity index (χ1n) is 10.00. The molecule has 189 valence electrons. The van der Waals surface area contributed by atoms with Gasteiger partial charge in [0.05, 0.1) is 11.1 Å². The Kier molecular flexibility index (Phi) is 13.1. The maximum atomic E-state index is 12.3. The van der Waals surface area contributed by atoms with Crippen molar-refractivity contribution in [2.75, 3.05) is 0 Å². The van der Waals surface area contributed by atoms with Crippen LogP contribution in [0.1, 0.15) is 22.3 Å². The summed E-state index contributed by atoms with van der Waals surface area (Å²) in [6.07, 6.45) is -0.528. The Morgan fingerprint density at radius 3 is 1.92 bits per heavy atom. The van der Waals surface area contributed by atoms with E-state index in [0.717, 1.165) is 33.1 Å². The predicted molar refractivity (Wildman–Crippen MR) is 144 cm³/mol. The molecule has 1 radical (unpaired) electrons. The van der Waals surface area contributed by atoms with Gasteiger partial charge in [-0.05, 0) is 61.6 Å². The predicted octanol–water partition coefficient (Wildman–Crippen LogP) is 6.94. The minimum atomic E-state index is -4.44. The third kappa shape index (κ3) is 9.81. The van der Waals surface area contributed by atoms with Crippen LogP contribution in [0.5, 0.6) is 0 Å². The Bertz CT molecular complexity index is 1290. The van der Waals surface area contributed by atoms with Gasteiger partial charge in [-0.3, -0.25) is 4.57 Å². The van der Waals surface area contributed by atoms with Crippen molar-refractivity contribution in [3.63, 3.8) is 0 Å². The Morgan fingerprint density at radius 2 is 1.39 bits per heavy atom. The zero-order valence-corrected chi connectivity index (χ0v) is 26.0. The van der Waals surface area contributed by atoms with Crippen molar-refractivity contribution in [3.8, 4) is 0 Å². The van der Waals surface area contributed by atoms with Crippen LogP contribution in [0.25, 0.3) is 0 Å². The van der Waals surface area contributed by atoms with Crippen molar-refractivity contribution < 1.29 is 31.5 Å². The minimum Gasteiger partial charge on any atom is -0.254 e. The topological polar surface area (TPSA) is 95.7 Å². The molecule has 36 heavy (non-hydrogen) atoms. The van der Waals surface area contributed by atoms with Gasteiger partial charge in [-0.25, -0.2) is 13.6 Å². The van der Waals surface area contributed by atoms with Gasteiger partial charge in [-0.15, -0.1) is 21.2 Å². The van der Waals surface area contributed by atoms with Crippen LogP contribution in [-0.2, 0) is 47.5 Å². The summed E-state index contributed by atoms with van der Waals surface area (Å²) in [5, 5.41) is 5.12. The van der Waals surface area contributed by atoms with Crippen LogP contribution in [0.2, 0.25) is 0 Å². The third-order valence-corrected chi connectivity index (χ3v) is 9.78. The molecule has 0 aromatic heterocycles. The van der Waals surface area contributed by atoms with Gasteiger partial charge in [0, 0.05) is 56.2 Å². The first-order valence-corrected chi connectivity index (χ1v) is 16.2. The van der Waals surface area contributed by atoms with Crippen molar-refractivity contribution in [2.24, 2.45) is 5.14 Å². The summed E-state index contributed by atoms with van der Waals surface area (Å²) >= 11 is 6.63. The summed E-state index contributed by atoms with van der Waals surface area (Å²) in [4.78, 5) is 1.04. The number of hydrogen-bond acceptors (Lipinski definition) is 7. The Morgan fingerprint density at radius 1 is 0.861 bits per heavy atom. The zero-order chi connectivity index (χ0) is 25.5. The van der Waals surface area contributed by atoms with E-state index < -0.39 is 23.8 Å². The molecule has 0 fully saturated rings. The van der Waals surface area contributed by atoms with Gasteiger partial charge < -0.3 is 0 Å². The van der Waals surface area contributed by atoms with E-state index in [9.17, 15) is 22.0 Å². The molecule has 0 aliphatic rings. The Balaban J connectivity index is 0.00000456. The fourth-order valence-electron chi connectivity index (χ4n) is 2.99. The van der Waals surface area contributed by atoms with Gasteiger partial charge in [0.25, 0.3) is 0 Å². The van der Waals surface area contributed by atoms with E-state index in [2.05, 4.69) is 49.7 Å². The maximum Gasteiger partial charge on any atom is 0.399 e. The number of benzene rings is 3. The molecular formula is C22H21BrF2NNaO5PS3. The first-order chi connectivity index (χ1) is 16.6. The molecule has 3 aromatic rings. The fraction of sp³-hybridized carbons (Fsp3) is 0.182. The number of rotatable bonds is 12. The van der Waals surface area contributed by atoms with E-state index in [1.165, 1.54) is 12.1 Å². The standard InChI is InChI=1S/C22H21BrF2NO5PS3.Na/c23-22-11-18(5-6-19(22)12-32(27,30-24)31-25)14-33-13-16-1-3-17(4-2-16)15-34-20-7-9-21(10-8-20)35(26,28)29;/h1-11H,12-15H2,(H2,26,28,29);. The molecule has 0 saturated heterocycles. The van der Waals surface area contributed by atoms with Crippen LogP contribution in [0.3, 0.4) is 0 Å². The van der Waals surface area contributed by atoms with Gasteiger partial charge in [0.1, 0.15) is 0 Å². The summed E-state index contributed by atoms with van der Waals surface area (Å²) in [5.41, 5.74) is 3.71. The summed E-state index contributed by atoms with van der Waals surface area (Å²) in [5.74, 6) is 2.25.